The monoisotopic (exact) mass is 297 g/mol. The standard InChI is InChI=1S/C17H15NO4/c1-21-13-9-7-11(8-10-13)14-15(16(19)18-14)22-17(20)12-5-3-2-4-6-12/h2-10,14-15H,1H3,(H,18,19)/t14-,15-/m0/s1. The quantitative estimate of drug-likeness (QED) is 0.693. The fourth-order valence-electron chi connectivity index (χ4n) is 2.31. The molecule has 0 unspecified atom stereocenters. The maximum atomic E-state index is 12.0. The molecule has 0 aliphatic carbocycles. The Morgan fingerprint density at radius 1 is 1.05 bits per heavy atom. The molecule has 1 fully saturated rings. The molecule has 2 aromatic rings. The lowest BCUT2D eigenvalue weighted by atomic mass is 9.94. The molecule has 0 aromatic heterocycles. The number of methoxy groups -OCH3 is 1. The van der Waals surface area contributed by atoms with Crippen molar-refractivity contribution in [3.63, 3.8) is 0 Å². The van der Waals surface area contributed by atoms with E-state index >= 15 is 0 Å². The molecule has 5 heteroatoms. The van der Waals surface area contributed by atoms with E-state index < -0.39 is 12.1 Å². The lowest BCUT2D eigenvalue weighted by molar-refractivity contribution is -0.143. The third kappa shape index (κ3) is 2.65. The van der Waals surface area contributed by atoms with Gasteiger partial charge in [0.05, 0.1) is 12.7 Å². The van der Waals surface area contributed by atoms with Crippen molar-refractivity contribution in [1.29, 1.82) is 0 Å². The molecule has 2 aromatic carbocycles. The molecule has 22 heavy (non-hydrogen) atoms. The van der Waals surface area contributed by atoms with Crippen LogP contribution < -0.4 is 10.1 Å². The van der Waals surface area contributed by atoms with Crippen LogP contribution >= 0.6 is 0 Å². The van der Waals surface area contributed by atoms with Crippen LogP contribution in [0.1, 0.15) is 22.0 Å². The van der Waals surface area contributed by atoms with Crippen molar-refractivity contribution in [3.8, 4) is 5.75 Å². The molecular formula is C17H15NO4. The number of amides is 1. The Morgan fingerprint density at radius 3 is 2.32 bits per heavy atom. The predicted molar refractivity (Wildman–Crippen MR) is 79.5 cm³/mol. The number of ether oxygens (including phenoxy) is 2. The van der Waals surface area contributed by atoms with Crippen molar-refractivity contribution in [2.45, 2.75) is 12.1 Å². The first-order chi connectivity index (χ1) is 10.7. The number of β-lactam (4-membered cyclic amide) rings is 1. The SMILES string of the molecule is COc1ccc([C@@H]2NC(=O)[C@H]2OC(=O)c2ccccc2)cc1. The fourth-order valence-corrected chi connectivity index (χ4v) is 2.31. The molecule has 1 N–H and O–H groups in total. The van der Waals surface area contributed by atoms with Gasteiger partial charge in [-0.2, -0.15) is 0 Å². The zero-order valence-corrected chi connectivity index (χ0v) is 12.0. The molecular weight excluding hydrogens is 282 g/mol. The summed E-state index contributed by atoms with van der Waals surface area (Å²) in [6, 6.07) is 15.6. The van der Waals surface area contributed by atoms with Crippen LogP contribution in [0.3, 0.4) is 0 Å². The Bertz CT molecular complexity index is 682. The first-order valence-corrected chi connectivity index (χ1v) is 6.89. The summed E-state index contributed by atoms with van der Waals surface area (Å²) in [7, 11) is 1.59. The summed E-state index contributed by atoms with van der Waals surface area (Å²) < 4.78 is 10.4. The van der Waals surface area contributed by atoms with E-state index in [-0.39, 0.29) is 11.9 Å². The van der Waals surface area contributed by atoms with Crippen molar-refractivity contribution < 1.29 is 19.1 Å². The molecule has 3 rings (SSSR count). The fraction of sp³-hybridized carbons (Fsp3) is 0.176. The molecule has 1 aliphatic rings. The molecule has 0 bridgehead atoms. The summed E-state index contributed by atoms with van der Waals surface area (Å²) in [6.07, 6.45) is -0.805. The molecule has 112 valence electrons. The number of hydrogen-bond acceptors (Lipinski definition) is 4. The third-order valence-electron chi connectivity index (χ3n) is 3.58. The van der Waals surface area contributed by atoms with Crippen LogP contribution in [0.25, 0.3) is 0 Å². The highest BCUT2D eigenvalue weighted by atomic mass is 16.6. The predicted octanol–water partition coefficient (Wildman–Crippen LogP) is 2.09. The van der Waals surface area contributed by atoms with Gasteiger partial charge >= 0.3 is 5.97 Å². The van der Waals surface area contributed by atoms with Crippen molar-refractivity contribution in [1.82, 2.24) is 5.32 Å². The Hall–Kier alpha value is -2.82. The van der Waals surface area contributed by atoms with Gasteiger partial charge in [0.15, 0.2) is 0 Å². The minimum absolute atomic E-state index is 0.287. The average molecular weight is 297 g/mol. The summed E-state index contributed by atoms with van der Waals surface area (Å²) in [5, 5.41) is 2.75. The summed E-state index contributed by atoms with van der Waals surface area (Å²) >= 11 is 0. The molecule has 2 atom stereocenters. The second kappa shape index (κ2) is 5.89. The van der Waals surface area contributed by atoms with Crippen LogP contribution in [-0.2, 0) is 9.53 Å². The number of rotatable bonds is 4. The highest BCUT2D eigenvalue weighted by molar-refractivity contribution is 5.95. The Morgan fingerprint density at radius 2 is 1.73 bits per heavy atom. The van der Waals surface area contributed by atoms with Gasteiger partial charge in [0.2, 0.25) is 6.10 Å². The molecule has 1 heterocycles. The van der Waals surface area contributed by atoms with Crippen LogP contribution in [0.5, 0.6) is 5.75 Å². The second-order valence-corrected chi connectivity index (χ2v) is 4.95. The van der Waals surface area contributed by atoms with Crippen LogP contribution in [0.4, 0.5) is 0 Å². The van der Waals surface area contributed by atoms with Gasteiger partial charge in [-0.3, -0.25) is 4.79 Å². The van der Waals surface area contributed by atoms with Crippen molar-refractivity contribution >= 4 is 11.9 Å². The average Bonchev–Trinajstić information content (AvgIpc) is 2.58. The van der Waals surface area contributed by atoms with E-state index in [0.29, 0.717) is 5.56 Å². The van der Waals surface area contributed by atoms with E-state index in [9.17, 15) is 9.59 Å². The largest absolute Gasteiger partial charge is 0.497 e. The number of hydrogen-bond donors (Lipinski definition) is 1. The third-order valence-corrected chi connectivity index (χ3v) is 3.58. The number of nitrogens with one attached hydrogen (secondary N) is 1. The minimum atomic E-state index is -0.805. The Balaban J connectivity index is 1.72. The smallest absolute Gasteiger partial charge is 0.338 e. The summed E-state index contributed by atoms with van der Waals surface area (Å²) in [5.74, 6) is -0.0590. The van der Waals surface area contributed by atoms with Gasteiger partial charge in [-0.15, -0.1) is 0 Å². The van der Waals surface area contributed by atoms with Gasteiger partial charge in [0, 0.05) is 0 Å². The van der Waals surface area contributed by atoms with Gasteiger partial charge in [0.1, 0.15) is 11.8 Å². The molecule has 5 nitrogen and oxygen atoms in total. The Labute approximate surface area is 127 Å². The van der Waals surface area contributed by atoms with Gasteiger partial charge in [-0.1, -0.05) is 30.3 Å². The molecule has 0 spiro atoms. The van der Waals surface area contributed by atoms with E-state index in [1.165, 1.54) is 0 Å². The van der Waals surface area contributed by atoms with Crippen LogP contribution in [-0.4, -0.2) is 25.1 Å². The van der Waals surface area contributed by atoms with E-state index in [1.807, 2.05) is 18.2 Å². The van der Waals surface area contributed by atoms with Crippen LogP contribution in [0, 0.1) is 0 Å². The zero-order valence-electron chi connectivity index (χ0n) is 12.0. The molecule has 1 amide bonds. The maximum absolute atomic E-state index is 12.0. The van der Waals surface area contributed by atoms with Gasteiger partial charge < -0.3 is 14.8 Å². The topological polar surface area (TPSA) is 64.6 Å². The summed E-state index contributed by atoms with van der Waals surface area (Å²) in [6.45, 7) is 0. The highest BCUT2D eigenvalue weighted by Crippen LogP contribution is 2.29. The molecule has 0 radical (unpaired) electrons. The second-order valence-electron chi connectivity index (χ2n) is 4.95. The molecule has 1 aliphatic heterocycles. The van der Waals surface area contributed by atoms with Gasteiger partial charge in [0.25, 0.3) is 5.91 Å². The molecule has 1 saturated heterocycles. The van der Waals surface area contributed by atoms with Crippen molar-refractivity contribution in [2.24, 2.45) is 0 Å². The normalized spacial score (nSPS) is 19.8. The minimum Gasteiger partial charge on any atom is -0.497 e. The van der Waals surface area contributed by atoms with Crippen LogP contribution in [0.2, 0.25) is 0 Å². The van der Waals surface area contributed by atoms with E-state index in [2.05, 4.69) is 5.32 Å². The van der Waals surface area contributed by atoms with E-state index in [1.54, 1.807) is 43.5 Å². The maximum Gasteiger partial charge on any atom is 0.338 e. The summed E-state index contributed by atoms with van der Waals surface area (Å²) in [5.41, 5.74) is 1.29. The summed E-state index contributed by atoms with van der Waals surface area (Å²) in [4.78, 5) is 23.7. The van der Waals surface area contributed by atoms with E-state index in [4.69, 9.17) is 9.47 Å². The number of carbonyl (C=O) groups is 2. The van der Waals surface area contributed by atoms with Crippen LogP contribution in [0.15, 0.2) is 54.6 Å². The number of benzene rings is 2. The van der Waals surface area contributed by atoms with Crippen molar-refractivity contribution in [3.05, 3.63) is 65.7 Å². The first kappa shape index (κ1) is 14.1. The number of carbonyl (C=O) groups excluding carboxylic acids is 2. The Kier molecular flexibility index (Phi) is 3.78. The van der Waals surface area contributed by atoms with Crippen molar-refractivity contribution in [2.75, 3.05) is 7.11 Å². The van der Waals surface area contributed by atoms with Gasteiger partial charge in [-0.05, 0) is 29.8 Å². The first-order valence-electron chi connectivity index (χ1n) is 6.89. The lowest BCUT2D eigenvalue weighted by Crippen LogP contribution is -2.57. The zero-order chi connectivity index (χ0) is 15.5. The van der Waals surface area contributed by atoms with E-state index in [0.717, 1.165) is 11.3 Å². The molecule has 0 saturated carbocycles. The van der Waals surface area contributed by atoms with Gasteiger partial charge in [-0.25, -0.2) is 4.79 Å². The number of esters is 1. The highest BCUT2D eigenvalue weighted by Gasteiger charge is 2.43. The lowest BCUT2D eigenvalue weighted by Gasteiger charge is -2.36.